The van der Waals surface area contributed by atoms with Crippen molar-refractivity contribution in [3.05, 3.63) is 51.0 Å². The van der Waals surface area contributed by atoms with Gasteiger partial charge in [-0.15, -0.1) is 0 Å². The Kier molecular flexibility index (Phi) is 4.14. The minimum absolute atomic E-state index is 0.128. The second-order valence-corrected chi connectivity index (χ2v) is 5.61. The van der Waals surface area contributed by atoms with E-state index in [0.717, 1.165) is 16.7 Å². The first-order chi connectivity index (χ1) is 9.40. The Hall–Kier alpha value is -1.81. The quantitative estimate of drug-likeness (QED) is 0.793. The van der Waals surface area contributed by atoms with Gasteiger partial charge in [0.15, 0.2) is 0 Å². The van der Waals surface area contributed by atoms with Gasteiger partial charge < -0.3 is 10.2 Å². The molecule has 0 aromatic heterocycles. The van der Waals surface area contributed by atoms with Crippen molar-refractivity contribution in [3.8, 4) is 11.5 Å². The summed E-state index contributed by atoms with van der Waals surface area (Å²) in [4.78, 5) is 4.23. The molecule has 2 aromatic rings. The zero-order valence-corrected chi connectivity index (χ0v) is 13.2. The lowest BCUT2D eigenvalue weighted by Gasteiger charge is -2.08. The number of aliphatic imine (C=N–C) groups is 1. The summed E-state index contributed by atoms with van der Waals surface area (Å²) >= 11 is 3.37. The Bertz CT molecular complexity index is 693. The van der Waals surface area contributed by atoms with Gasteiger partial charge in [-0.25, -0.2) is 0 Å². The van der Waals surface area contributed by atoms with E-state index in [9.17, 15) is 10.2 Å². The zero-order chi connectivity index (χ0) is 14.9. The molecule has 0 bridgehead atoms. The molecular weight excluding hydrogens is 318 g/mol. The number of benzene rings is 2. The van der Waals surface area contributed by atoms with Gasteiger partial charge in [-0.05, 0) is 71.6 Å². The van der Waals surface area contributed by atoms with E-state index < -0.39 is 0 Å². The summed E-state index contributed by atoms with van der Waals surface area (Å²) in [5.74, 6) is 0.284. The van der Waals surface area contributed by atoms with Crippen molar-refractivity contribution >= 4 is 27.8 Å². The average molecular weight is 334 g/mol. The molecule has 0 spiro atoms. The third-order valence-corrected chi connectivity index (χ3v) is 4.22. The minimum Gasteiger partial charge on any atom is -0.506 e. The topological polar surface area (TPSA) is 52.8 Å². The van der Waals surface area contributed by atoms with E-state index >= 15 is 0 Å². The molecule has 0 aliphatic carbocycles. The Morgan fingerprint density at radius 3 is 2.45 bits per heavy atom. The minimum atomic E-state index is 0.128. The van der Waals surface area contributed by atoms with Crippen molar-refractivity contribution < 1.29 is 10.2 Å². The molecule has 0 saturated heterocycles. The molecule has 3 nitrogen and oxygen atoms in total. The number of hydrogen-bond acceptors (Lipinski definition) is 3. The predicted octanol–water partition coefficient (Wildman–Crippen LogP) is 4.54. The second-order valence-electron chi connectivity index (χ2n) is 4.82. The first-order valence-corrected chi connectivity index (χ1v) is 7.02. The summed E-state index contributed by atoms with van der Waals surface area (Å²) in [6.07, 6.45) is 1.55. The van der Waals surface area contributed by atoms with Gasteiger partial charge >= 0.3 is 0 Å². The molecule has 0 unspecified atom stereocenters. The normalized spacial score (nSPS) is 11.2. The van der Waals surface area contributed by atoms with E-state index in [4.69, 9.17) is 0 Å². The molecule has 104 valence electrons. The number of rotatable bonds is 2. The van der Waals surface area contributed by atoms with Crippen molar-refractivity contribution in [2.45, 2.75) is 20.8 Å². The number of aryl methyl sites for hydroxylation is 2. The highest BCUT2D eigenvalue weighted by Gasteiger charge is 2.09. The van der Waals surface area contributed by atoms with Crippen LogP contribution in [0.1, 0.15) is 22.3 Å². The highest BCUT2D eigenvalue weighted by Crippen LogP contribution is 2.33. The summed E-state index contributed by atoms with van der Waals surface area (Å²) in [6.45, 7) is 5.81. The van der Waals surface area contributed by atoms with E-state index in [1.54, 1.807) is 18.3 Å². The molecule has 2 N–H and O–H groups in total. The maximum Gasteiger partial charge on any atom is 0.141 e. The molecule has 0 atom stereocenters. The van der Waals surface area contributed by atoms with Crippen LogP contribution in [0.3, 0.4) is 0 Å². The van der Waals surface area contributed by atoms with Gasteiger partial charge in [0, 0.05) is 11.8 Å². The lowest BCUT2D eigenvalue weighted by atomic mass is 10.1. The molecule has 0 fully saturated rings. The third kappa shape index (κ3) is 2.85. The number of nitrogens with zero attached hydrogens (tertiary/aromatic N) is 1. The summed E-state index contributed by atoms with van der Waals surface area (Å²) in [6, 6.07) is 7.14. The van der Waals surface area contributed by atoms with Crippen LogP contribution in [0.15, 0.2) is 33.7 Å². The van der Waals surface area contributed by atoms with Gasteiger partial charge in [-0.2, -0.15) is 0 Å². The van der Waals surface area contributed by atoms with Gasteiger partial charge in [0.2, 0.25) is 0 Å². The highest BCUT2D eigenvalue weighted by atomic mass is 79.9. The number of phenolic OH excluding ortho intramolecular Hbond substituents is 2. The van der Waals surface area contributed by atoms with Crippen LogP contribution in [0.4, 0.5) is 5.69 Å². The SMILES string of the molecule is Cc1ccc(N=Cc2cc(C)c(C)c(Br)c2O)c(O)c1. The first kappa shape index (κ1) is 14.6. The Morgan fingerprint density at radius 2 is 1.80 bits per heavy atom. The monoisotopic (exact) mass is 333 g/mol. The van der Waals surface area contributed by atoms with Gasteiger partial charge in [-0.3, -0.25) is 4.99 Å². The second kappa shape index (κ2) is 5.67. The molecule has 0 radical (unpaired) electrons. The van der Waals surface area contributed by atoms with E-state index in [0.29, 0.717) is 15.7 Å². The Morgan fingerprint density at radius 1 is 1.10 bits per heavy atom. The van der Waals surface area contributed by atoms with Gasteiger partial charge in [0.05, 0.1) is 4.47 Å². The molecule has 2 aromatic carbocycles. The number of aromatic hydroxyl groups is 2. The fourth-order valence-electron chi connectivity index (χ4n) is 1.87. The summed E-state index contributed by atoms with van der Waals surface area (Å²) in [5.41, 5.74) is 4.12. The molecular formula is C16H16BrNO2. The largest absolute Gasteiger partial charge is 0.506 e. The standard InChI is InChI=1S/C16H16BrNO2/c1-9-4-5-13(14(19)6-9)18-8-12-7-10(2)11(3)15(17)16(12)20/h4-8,19-20H,1-3H3. The molecule has 20 heavy (non-hydrogen) atoms. The van der Waals surface area contributed by atoms with Crippen LogP contribution in [-0.4, -0.2) is 16.4 Å². The van der Waals surface area contributed by atoms with Crippen molar-refractivity contribution in [1.82, 2.24) is 0 Å². The fourth-order valence-corrected chi connectivity index (χ4v) is 2.41. The van der Waals surface area contributed by atoms with E-state index in [2.05, 4.69) is 20.9 Å². The Labute approximate surface area is 126 Å². The smallest absolute Gasteiger partial charge is 0.141 e. The van der Waals surface area contributed by atoms with Crippen LogP contribution in [0.25, 0.3) is 0 Å². The van der Waals surface area contributed by atoms with Gasteiger partial charge in [0.1, 0.15) is 17.2 Å². The summed E-state index contributed by atoms with van der Waals surface area (Å²) in [5, 5.41) is 19.9. The number of halogens is 1. The highest BCUT2D eigenvalue weighted by molar-refractivity contribution is 9.10. The molecule has 4 heteroatoms. The third-order valence-electron chi connectivity index (χ3n) is 3.25. The number of hydrogen-bond donors (Lipinski definition) is 2. The van der Waals surface area contributed by atoms with Gasteiger partial charge in [0.25, 0.3) is 0 Å². The molecule has 0 heterocycles. The van der Waals surface area contributed by atoms with E-state index in [1.807, 2.05) is 32.9 Å². The van der Waals surface area contributed by atoms with Crippen LogP contribution >= 0.6 is 15.9 Å². The zero-order valence-electron chi connectivity index (χ0n) is 11.6. The molecule has 0 amide bonds. The van der Waals surface area contributed by atoms with E-state index in [-0.39, 0.29) is 11.5 Å². The van der Waals surface area contributed by atoms with Crippen LogP contribution in [0.5, 0.6) is 11.5 Å². The molecule has 0 aliphatic heterocycles. The maximum atomic E-state index is 10.1. The summed E-state index contributed by atoms with van der Waals surface area (Å²) < 4.78 is 0.673. The first-order valence-electron chi connectivity index (χ1n) is 6.22. The van der Waals surface area contributed by atoms with Gasteiger partial charge in [-0.1, -0.05) is 6.07 Å². The molecule has 2 rings (SSSR count). The molecule has 0 aliphatic rings. The van der Waals surface area contributed by atoms with Crippen LogP contribution in [0.2, 0.25) is 0 Å². The van der Waals surface area contributed by atoms with E-state index in [1.165, 1.54) is 0 Å². The van der Waals surface area contributed by atoms with Crippen molar-refractivity contribution in [3.63, 3.8) is 0 Å². The van der Waals surface area contributed by atoms with Crippen molar-refractivity contribution in [1.29, 1.82) is 0 Å². The van der Waals surface area contributed by atoms with Crippen LogP contribution in [0, 0.1) is 20.8 Å². The average Bonchev–Trinajstić information content (AvgIpc) is 2.40. The maximum absolute atomic E-state index is 10.1. The fraction of sp³-hybridized carbons (Fsp3) is 0.188. The predicted molar refractivity (Wildman–Crippen MR) is 85.4 cm³/mol. The number of phenols is 2. The Balaban J connectivity index is 2.42. The lowest BCUT2D eigenvalue weighted by molar-refractivity contribution is 0.470. The molecule has 0 saturated carbocycles. The van der Waals surface area contributed by atoms with Crippen molar-refractivity contribution in [2.24, 2.45) is 4.99 Å². The van der Waals surface area contributed by atoms with Crippen LogP contribution < -0.4 is 0 Å². The lowest BCUT2D eigenvalue weighted by Crippen LogP contribution is -1.90. The van der Waals surface area contributed by atoms with Crippen molar-refractivity contribution in [2.75, 3.05) is 0 Å². The summed E-state index contributed by atoms with van der Waals surface area (Å²) in [7, 11) is 0. The van der Waals surface area contributed by atoms with Crippen LogP contribution in [-0.2, 0) is 0 Å².